The highest BCUT2D eigenvalue weighted by Gasteiger charge is 2.30. The van der Waals surface area contributed by atoms with Crippen molar-refractivity contribution in [2.24, 2.45) is 0 Å². The highest BCUT2D eigenvalue weighted by atomic mass is 35.5. The summed E-state index contributed by atoms with van der Waals surface area (Å²) >= 11 is 5.79. The van der Waals surface area contributed by atoms with Crippen molar-refractivity contribution in [2.75, 3.05) is 5.32 Å². The zero-order chi connectivity index (χ0) is 20.5. The van der Waals surface area contributed by atoms with Crippen molar-refractivity contribution >= 4 is 29.0 Å². The molecular formula is C17H10ClF3N4O3. The molecule has 1 heterocycles. The Labute approximate surface area is 160 Å². The van der Waals surface area contributed by atoms with E-state index in [1.54, 1.807) is 0 Å². The van der Waals surface area contributed by atoms with Crippen molar-refractivity contribution in [3.05, 3.63) is 81.0 Å². The minimum absolute atomic E-state index is 0.00307. The van der Waals surface area contributed by atoms with Gasteiger partial charge in [-0.25, -0.2) is 4.68 Å². The summed E-state index contributed by atoms with van der Waals surface area (Å²) in [6.45, 7) is 0. The van der Waals surface area contributed by atoms with Crippen LogP contribution in [-0.4, -0.2) is 20.6 Å². The van der Waals surface area contributed by atoms with E-state index in [9.17, 15) is 28.1 Å². The summed E-state index contributed by atoms with van der Waals surface area (Å²) in [7, 11) is 0. The fourth-order valence-corrected chi connectivity index (χ4v) is 2.56. The molecule has 1 amide bonds. The van der Waals surface area contributed by atoms with Gasteiger partial charge in [0.25, 0.3) is 11.6 Å². The molecule has 28 heavy (non-hydrogen) atoms. The normalized spacial score (nSPS) is 11.3. The predicted molar refractivity (Wildman–Crippen MR) is 94.6 cm³/mol. The summed E-state index contributed by atoms with van der Waals surface area (Å²) in [5.74, 6) is -0.833. The Morgan fingerprint density at radius 3 is 2.61 bits per heavy atom. The van der Waals surface area contributed by atoms with Gasteiger partial charge in [0.2, 0.25) is 0 Å². The third-order valence-corrected chi connectivity index (χ3v) is 3.90. The molecule has 1 N–H and O–H groups in total. The number of carbonyl (C=O) groups excluding carboxylic acids is 1. The van der Waals surface area contributed by atoms with Crippen LogP contribution in [0.5, 0.6) is 0 Å². The zero-order valence-corrected chi connectivity index (χ0v) is 14.5. The van der Waals surface area contributed by atoms with Gasteiger partial charge >= 0.3 is 6.18 Å². The highest BCUT2D eigenvalue weighted by molar-refractivity contribution is 6.31. The number of carbonyl (C=O) groups is 1. The van der Waals surface area contributed by atoms with Crippen LogP contribution in [0.25, 0.3) is 5.69 Å². The summed E-state index contributed by atoms with van der Waals surface area (Å²) < 4.78 is 39.6. The van der Waals surface area contributed by atoms with E-state index in [4.69, 9.17) is 11.6 Å². The first kappa shape index (κ1) is 19.4. The van der Waals surface area contributed by atoms with Crippen LogP contribution < -0.4 is 5.32 Å². The number of amides is 1. The van der Waals surface area contributed by atoms with Gasteiger partial charge in [0.1, 0.15) is 5.56 Å². The van der Waals surface area contributed by atoms with E-state index in [2.05, 4.69) is 10.4 Å². The van der Waals surface area contributed by atoms with Crippen molar-refractivity contribution in [1.82, 2.24) is 9.78 Å². The van der Waals surface area contributed by atoms with E-state index >= 15 is 0 Å². The summed E-state index contributed by atoms with van der Waals surface area (Å²) in [6, 6.07) is 9.32. The first-order valence-corrected chi connectivity index (χ1v) is 8.01. The number of nitro benzene ring substituents is 1. The number of alkyl halides is 3. The van der Waals surface area contributed by atoms with Crippen molar-refractivity contribution in [1.29, 1.82) is 0 Å². The molecular weight excluding hydrogens is 401 g/mol. The number of nitrogens with zero attached hydrogens (tertiary/aromatic N) is 3. The van der Waals surface area contributed by atoms with Crippen LogP contribution in [0.1, 0.15) is 15.9 Å². The SMILES string of the molecule is O=C(Nc1ccn(-c2cccc(C(F)(F)F)c2)n1)c1cc(Cl)ccc1[N+](=O)[O-]. The molecule has 3 aromatic rings. The molecule has 0 radical (unpaired) electrons. The van der Waals surface area contributed by atoms with Crippen molar-refractivity contribution in [2.45, 2.75) is 6.18 Å². The Morgan fingerprint density at radius 1 is 1.18 bits per heavy atom. The number of aromatic nitrogens is 2. The van der Waals surface area contributed by atoms with E-state index in [-0.39, 0.29) is 22.1 Å². The molecule has 0 atom stereocenters. The van der Waals surface area contributed by atoms with E-state index in [1.807, 2.05) is 0 Å². The summed E-state index contributed by atoms with van der Waals surface area (Å²) in [5, 5.41) is 17.5. The Balaban J connectivity index is 1.85. The summed E-state index contributed by atoms with van der Waals surface area (Å²) in [4.78, 5) is 22.7. The van der Waals surface area contributed by atoms with Crippen LogP contribution in [0.4, 0.5) is 24.7 Å². The molecule has 0 aliphatic rings. The van der Waals surface area contributed by atoms with Gasteiger partial charge in [0.15, 0.2) is 5.82 Å². The third-order valence-electron chi connectivity index (χ3n) is 3.67. The lowest BCUT2D eigenvalue weighted by atomic mass is 10.1. The quantitative estimate of drug-likeness (QED) is 0.498. The summed E-state index contributed by atoms with van der Waals surface area (Å²) in [6.07, 6.45) is -3.16. The zero-order valence-electron chi connectivity index (χ0n) is 13.8. The molecule has 0 fully saturated rings. The fourth-order valence-electron chi connectivity index (χ4n) is 2.39. The lowest BCUT2D eigenvalue weighted by Crippen LogP contribution is -2.14. The third kappa shape index (κ3) is 4.12. The van der Waals surface area contributed by atoms with Crippen molar-refractivity contribution in [3.63, 3.8) is 0 Å². The van der Waals surface area contributed by atoms with Crippen LogP contribution in [0, 0.1) is 10.1 Å². The smallest absolute Gasteiger partial charge is 0.305 e. The molecule has 144 valence electrons. The highest BCUT2D eigenvalue weighted by Crippen LogP contribution is 2.30. The Hall–Kier alpha value is -3.40. The number of anilines is 1. The van der Waals surface area contributed by atoms with Crippen LogP contribution in [-0.2, 0) is 6.18 Å². The number of benzene rings is 2. The van der Waals surface area contributed by atoms with Crippen LogP contribution >= 0.6 is 11.6 Å². The monoisotopic (exact) mass is 410 g/mol. The minimum Gasteiger partial charge on any atom is -0.305 e. The molecule has 0 aliphatic heterocycles. The number of halogens is 4. The average molecular weight is 411 g/mol. The van der Waals surface area contributed by atoms with Gasteiger partial charge in [-0.3, -0.25) is 14.9 Å². The van der Waals surface area contributed by atoms with Crippen molar-refractivity contribution in [3.8, 4) is 5.69 Å². The van der Waals surface area contributed by atoms with Gasteiger partial charge in [-0.2, -0.15) is 18.3 Å². The van der Waals surface area contributed by atoms with Gasteiger partial charge in [-0.05, 0) is 30.3 Å². The molecule has 0 aliphatic carbocycles. The lowest BCUT2D eigenvalue weighted by Gasteiger charge is -2.08. The summed E-state index contributed by atoms with van der Waals surface area (Å²) in [5.41, 5.74) is -1.44. The molecule has 0 spiro atoms. The van der Waals surface area contributed by atoms with Gasteiger partial charge < -0.3 is 5.32 Å². The molecule has 1 aromatic heterocycles. The molecule has 11 heteroatoms. The van der Waals surface area contributed by atoms with Gasteiger partial charge in [-0.15, -0.1) is 0 Å². The number of nitro groups is 1. The van der Waals surface area contributed by atoms with E-state index < -0.39 is 28.3 Å². The van der Waals surface area contributed by atoms with Gasteiger partial charge in [0.05, 0.1) is 16.2 Å². The Bertz CT molecular complexity index is 1070. The van der Waals surface area contributed by atoms with Gasteiger partial charge in [0, 0.05) is 23.4 Å². The molecule has 3 rings (SSSR count). The number of hydrogen-bond donors (Lipinski definition) is 1. The Kier molecular flexibility index (Phi) is 5.06. The number of rotatable bonds is 4. The van der Waals surface area contributed by atoms with E-state index in [0.29, 0.717) is 0 Å². The molecule has 0 bridgehead atoms. The molecule has 7 nitrogen and oxygen atoms in total. The van der Waals surface area contributed by atoms with E-state index in [1.165, 1.54) is 30.5 Å². The largest absolute Gasteiger partial charge is 0.416 e. The average Bonchev–Trinajstić information content (AvgIpc) is 3.09. The van der Waals surface area contributed by atoms with Crippen LogP contribution in [0.2, 0.25) is 5.02 Å². The molecule has 2 aromatic carbocycles. The second-order valence-electron chi connectivity index (χ2n) is 5.57. The maximum atomic E-state index is 12.8. The molecule has 0 saturated heterocycles. The Morgan fingerprint density at radius 2 is 1.93 bits per heavy atom. The second-order valence-corrected chi connectivity index (χ2v) is 6.00. The maximum absolute atomic E-state index is 12.8. The second kappa shape index (κ2) is 7.31. The maximum Gasteiger partial charge on any atom is 0.416 e. The molecule has 0 unspecified atom stereocenters. The van der Waals surface area contributed by atoms with Gasteiger partial charge in [-0.1, -0.05) is 17.7 Å². The predicted octanol–water partition coefficient (Wildman–Crippen LogP) is 4.71. The first-order chi connectivity index (χ1) is 13.1. The van der Waals surface area contributed by atoms with Crippen LogP contribution in [0.15, 0.2) is 54.7 Å². The fraction of sp³-hybridized carbons (Fsp3) is 0.0588. The van der Waals surface area contributed by atoms with Crippen LogP contribution in [0.3, 0.4) is 0 Å². The van der Waals surface area contributed by atoms with Crippen molar-refractivity contribution < 1.29 is 22.9 Å². The number of hydrogen-bond acceptors (Lipinski definition) is 4. The van der Waals surface area contributed by atoms with E-state index in [0.717, 1.165) is 28.9 Å². The molecule has 0 saturated carbocycles. The minimum atomic E-state index is -4.51. The lowest BCUT2D eigenvalue weighted by molar-refractivity contribution is -0.385. The number of nitrogens with one attached hydrogen (secondary N) is 1. The first-order valence-electron chi connectivity index (χ1n) is 7.64. The standard InChI is InChI=1S/C17H10ClF3N4O3/c18-11-4-5-14(25(27)28)13(9-11)16(26)22-15-6-7-24(23-15)12-3-1-2-10(8-12)17(19,20)21/h1-9H,(H,22,23,26). The topological polar surface area (TPSA) is 90.1 Å².